The summed E-state index contributed by atoms with van der Waals surface area (Å²) in [4.78, 5) is 17.6. The van der Waals surface area contributed by atoms with Crippen molar-refractivity contribution in [1.82, 2.24) is 24.2 Å². The van der Waals surface area contributed by atoms with E-state index in [1.165, 1.54) is 29.2 Å². The topological polar surface area (TPSA) is 49.1 Å². The summed E-state index contributed by atoms with van der Waals surface area (Å²) in [5.41, 5.74) is 5.84. The molecule has 2 aliphatic heterocycles. The van der Waals surface area contributed by atoms with Crippen LogP contribution in [0.1, 0.15) is 74.8 Å². The zero-order valence-corrected chi connectivity index (χ0v) is 22.7. The molecule has 194 valence electrons. The van der Waals surface area contributed by atoms with Gasteiger partial charge in [-0.3, -0.25) is 14.3 Å². The van der Waals surface area contributed by atoms with E-state index in [0.29, 0.717) is 12.6 Å². The molecule has 3 aromatic rings. The average molecular weight is 491 g/mol. The van der Waals surface area contributed by atoms with Crippen LogP contribution in [0.4, 0.5) is 5.82 Å². The summed E-state index contributed by atoms with van der Waals surface area (Å²) >= 11 is 0. The first-order chi connectivity index (χ1) is 17.5. The van der Waals surface area contributed by atoms with Gasteiger partial charge in [0.25, 0.3) is 0 Å². The largest absolute Gasteiger partial charge is 0.372 e. The standard InChI is InChI=1S/C29H42N6O/c1-6-33-16-18-34(19-17-33)27-14-8-13-26-31-29(25(35(26)27)20-36-21(2)3)24-12-7-11-23(32(24)5)28-22(4)10-9-15-30-28/h8-10,13-15,21,23-24H,6-7,11-12,16-20H2,1-5H3/t23-,24+/m0/s1. The average Bonchev–Trinajstić information content (AvgIpc) is 3.26. The predicted octanol–water partition coefficient (Wildman–Crippen LogP) is 5.00. The molecule has 5 rings (SSSR count). The Hall–Kier alpha value is -2.48. The number of piperidine rings is 1. The van der Waals surface area contributed by atoms with Crippen molar-refractivity contribution in [2.75, 3.05) is 44.7 Å². The molecular weight excluding hydrogens is 448 g/mol. The first-order valence-corrected chi connectivity index (χ1v) is 13.7. The third-order valence-electron chi connectivity index (χ3n) is 8.07. The number of hydrogen-bond acceptors (Lipinski definition) is 6. The van der Waals surface area contributed by atoms with Gasteiger partial charge in [0.2, 0.25) is 0 Å². The summed E-state index contributed by atoms with van der Waals surface area (Å²) in [5.74, 6) is 1.24. The van der Waals surface area contributed by atoms with Crippen LogP contribution in [0.3, 0.4) is 0 Å². The first kappa shape index (κ1) is 25.2. The van der Waals surface area contributed by atoms with E-state index in [2.05, 4.69) is 78.1 Å². The normalized spacial score (nSPS) is 22.1. The van der Waals surface area contributed by atoms with Gasteiger partial charge in [0.15, 0.2) is 0 Å². The van der Waals surface area contributed by atoms with E-state index in [1.807, 2.05) is 12.3 Å². The fraction of sp³-hybridized carbons (Fsp3) is 0.586. The van der Waals surface area contributed by atoms with Crippen LogP contribution in [-0.4, -0.2) is 70.0 Å². The van der Waals surface area contributed by atoms with E-state index in [4.69, 9.17) is 14.7 Å². The second kappa shape index (κ2) is 10.9. The maximum atomic E-state index is 6.25. The first-order valence-electron chi connectivity index (χ1n) is 13.7. The number of ether oxygens (including phenoxy) is 1. The Bertz CT molecular complexity index is 1170. The summed E-state index contributed by atoms with van der Waals surface area (Å²) in [7, 11) is 2.25. The molecule has 0 unspecified atom stereocenters. The molecule has 0 spiro atoms. The number of fused-ring (bicyclic) bond motifs is 1. The lowest BCUT2D eigenvalue weighted by atomic mass is 9.90. The number of likely N-dealkylation sites (tertiary alicyclic amines) is 1. The lowest BCUT2D eigenvalue weighted by molar-refractivity contribution is 0.0593. The van der Waals surface area contributed by atoms with Gasteiger partial charge in [-0.1, -0.05) is 19.1 Å². The molecule has 0 radical (unpaired) electrons. The second-order valence-electron chi connectivity index (χ2n) is 10.6. The summed E-state index contributed by atoms with van der Waals surface area (Å²) in [5, 5.41) is 0. The fourth-order valence-electron chi connectivity index (χ4n) is 5.98. The molecule has 0 saturated carbocycles. The van der Waals surface area contributed by atoms with Crippen molar-refractivity contribution >= 4 is 11.5 Å². The van der Waals surface area contributed by atoms with Crippen molar-refractivity contribution < 1.29 is 4.74 Å². The monoisotopic (exact) mass is 490 g/mol. The zero-order chi connectivity index (χ0) is 25.2. The van der Waals surface area contributed by atoms with Crippen molar-refractivity contribution in [1.29, 1.82) is 0 Å². The SMILES string of the molecule is CCN1CCN(c2cccc3nc([C@H]4CCC[C@@H](c5ncccc5C)N4C)c(COC(C)C)n23)CC1. The third kappa shape index (κ3) is 4.89. The predicted molar refractivity (Wildman–Crippen MR) is 146 cm³/mol. The number of nitrogens with zero attached hydrogens (tertiary/aromatic N) is 6. The van der Waals surface area contributed by atoms with E-state index in [9.17, 15) is 0 Å². The number of rotatable bonds is 7. The zero-order valence-electron chi connectivity index (χ0n) is 22.7. The van der Waals surface area contributed by atoms with Gasteiger partial charge in [-0.05, 0) is 77.4 Å². The smallest absolute Gasteiger partial charge is 0.138 e. The molecule has 0 bridgehead atoms. The van der Waals surface area contributed by atoms with Gasteiger partial charge in [0.05, 0.1) is 41.9 Å². The van der Waals surface area contributed by atoms with Crippen LogP contribution in [0.15, 0.2) is 36.5 Å². The van der Waals surface area contributed by atoms with Gasteiger partial charge in [-0.15, -0.1) is 0 Å². The molecule has 7 heteroatoms. The number of hydrogen-bond donors (Lipinski definition) is 0. The van der Waals surface area contributed by atoms with E-state index in [1.54, 1.807) is 0 Å². The highest BCUT2D eigenvalue weighted by atomic mass is 16.5. The van der Waals surface area contributed by atoms with Crippen LogP contribution < -0.4 is 4.90 Å². The molecule has 5 heterocycles. The highest BCUT2D eigenvalue weighted by Gasteiger charge is 2.35. The molecule has 2 saturated heterocycles. The number of aromatic nitrogens is 3. The van der Waals surface area contributed by atoms with E-state index >= 15 is 0 Å². The summed E-state index contributed by atoms with van der Waals surface area (Å²) < 4.78 is 8.63. The van der Waals surface area contributed by atoms with Gasteiger partial charge in [-0.25, -0.2) is 4.98 Å². The molecule has 0 amide bonds. The molecule has 2 fully saturated rings. The van der Waals surface area contributed by atoms with Gasteiger partial charge in [0, 0.05) is 32.4 Å². The van der Waals surface area contributed by atoms with Gasteiger partial charge in [-0.2, -0.15) is 0 Å². The van der Waals surface area contributed by atoms with Crippen LogP contribution >= 0.6 is 0 Å². The Morgan fingerprint density at radius 2 is 1.75 bits per heavy atom. The van der Waals surface area contributed by atoms with Crippen LogP contribution in [0.25, 0.3) is 5.65 Å². The maximum Gasteiger partial charge on any atom is 0.138 e. The molecule has 2 atom stereocenters. The van der Waals surface area contributed by atoms with Crippen molar-refractivity contribution in [3.63, 3.8) is 0 Å². The number of piperazine rings is 1. The molecule has 2 aliphatic rings. The number of aryl methyl sites for hydroxylation is 1. The molecular formula is C29H42N6O. The Balaban J connectivity index is 1.55. The lowest BCUT2D eigenvalue weighted by Crippen LogP contribution is -2.46. The minimum atomic E-state index is 0.164. The Kier molecular flexibility index (Phi) is 7.60. The van der Waals surface area contributed by atoms with Crippen LogP contribution in [0.5, 0.6) is 0 Å². The molecule has 0 aromatic carbocycles. The lowest BCUT2D eigenvalue weighted by Gasteiger charge is -2.39. The van der Waals surface area contributed by atoms with E-state index in [0.717, 1.165) is 56.9 Å². The molecule has 7 nitrogen and oxygen atoms in total. The minimum absolute atomic E-state index is 0.164. The third-order valence-corrected chi connectivity index (χ3v) is 8.07. The van der Waals surface area contributed by atoms with Crippen molar-refractivity contribution in [3.05, 3.63) is 59.2 Å². The molecule has 36 heavy (non-hydrogen) atoms. The van der Waals surface area contributed by atoms with Gasteiger partial charge in [0.1, 0.15) is 11.5 Å². The quantitative estimate of drug-likeness (QED) is 0.464. The number of imidazole rings is 1. The fourth-order valence-corrected chi connectivity index (χ4v) is 5.98. The van der Waals surface area contributed by atoms with Crippen LogP contribution in [-0.2, 0) is 11.3 Å². The van der Waals surface area contributed by atoms with E-state index < -0.39 is 0 Å². The maximum absolute atomic E-state index is 6.25. The highest BCUT2D eigenvalue weighted by Crippen LogP contribution is 2.42. The van der Waals surface area contributed by atoms with Crippen LogP contribution in [0, 0.1) is 6.92 Å². The molecule has 3 aromatic heterocycles. The molecule has 0 N–H and O–H groups in total. The Labute approximate surface area is 216 Å². The van der Waals surface area contributed by atoms with Crippen molar-refractivity contribution in [2.45, 2.75) is 71.8 Å². The highest BCUT2D eigenvalue weighted by molar-refractivity contribution is 5.55. The minimum Gasteiger partial charge on any atom is -0.372 e. The van der Waals surface area contributed by atoms with Gasteiger partial charge < -0.3 is 14.5 Å². The number of pyridine rings is 2. The summed E-state index contributed by atoms with van der Waals surface area (Å²) in [6, 6.07) is 11.3. The number of likely N-dealkylation sites (N-methyl/N-ethyl adjacent to an activating group) is 1. The van der Waals surface area contributed by atoms with Gasteiger partial charge >= 0.3 is 0 Å². The molecule has 0 aliphatic carbocycles. The van der Waals surface area contributed by atoms with E-state index in [-0.39, 0.29) is 12.1 Å². The Morgan fingerprint density at radius 1 is 1.00 bits per heavy atom. The summed E-state index contributed by atoms with van der Waals surface area (Å²) in [6.45, 7) is 14.6. The van der Waals surface area contributed by atoms with Crippen LogP contribution in [0.2, 0.25) is 0 Å². The second-order valence-corrected chi connectivity index (χ2v) is 10.6. The summed E-state index contributed by atoms with van der Waals surface area (Å²) in [6.07, 6.45) is 5.49. The van der Waals surface area contributed by atoms with Crippen molar-refractivity contribution in [2.24, 2.45) is 0 Å². The number of anilines is 1. The Morgan fingerprint density at radius 3 is 2.44 bits per heavy atom. The van der Waals surface area contributed by atoms with Crippen molar-refractivity contribution in [3.8, 4) is 0 Å².